The Kier molecular flexibility index (Phi) is 7.55. The number of aromatic nitrogens is 2. The predicted octanol–water partition coefficient (Wildman–Crippen LogP) is 1.44. The maximum absolute atomic E-state index is 13.2. The number of aliphatic imine (C=N–C) groups is 1. The van der Waals surface area contributed by atoms with Crippen LogP contribution in [-0.2, 0) is 6.18 Å². The van der Waals surface area contributed by atoms with Gasteiger partial charge >= 0.3 is 6.18 Å². The molecule has 1 aromatic rings. The number of aliphatic hydroxyl groups is 1. The molecule has 0 radical (unpaired) electrons. The first-order chi connectivity index (χ1) is 13.0. The molecule has 0 spiro atoms. The number of hydrogen-bond donors (Lipinski definition) is 3. The number of allylic oxidation sites excluding steroid dienone is 1. The van der Waals surface area contributed by atoms with Gasteiger partial charge in [-0.3, -0.25) is 4.99 Å². The molecule has 7 nitrogen and oxygen atoms in total. The van der Waals surface area contributed by atoms with E-state index in [1.165, 1.54) is 12.4 Å². The summed E-state index contributed by atoms with van der Waals surface area (Å²) in [5.74, 6) is 0.0886. The van der Waals surface area contributed by atoms with E-state index in [-0.39, 0.29) is 17.7 Å². The summed E-state index contributed by atoms with van der Waals surface area (Å²) in [6.45, 7) is 3.08. The van der Waals surface area contributed by atoms with Gasteiger partial charge < -0.3 is 21.1 Å². The maximum atomic E-state index is 13.2. The zero-order valence-electron chi connectivity index (χ0n) is 15.2. The molecule has 0 aliphatic carbocycles. The molecule has 0 unspecified atom stereocenters. The fraction of sp³-hybridized carbons (Fsp3) is 0.588. The first-order valence-corrected chi connectivity index (χ1v) is 8.79. The highest BCUT2D eigenvalue weighted by atomic mass is 19.4. The number of anilines is 1. The van der Waals surface area contributed by atoms with Gasteiger partial charge in [0.1, 0.15) is 0 Å². The van der Waals surface area contributed by atoms with E-state index in [1.807, 2.05) is 0 Å². The Morgan fingerprint density at radius 2 is 1.96 bits per heavy atom. The van der Waals surface area contributed by atoms with Crippen LogP contribution in [0.3, 0.4) is 0 Å². The minimum atomic E-state index is -4.54. The van der Waals surface area contributed by atoms with Crippen LogP contribution in [0.1, 0.15) is 30.7 Å². The molecule has 3 heterocycles. The van der Waals surface area contributed by atoms with Crippen LogP contribution in [0.15, 0.2) is 17.3 Å². The minimum absolute atomic E-state index is 0.0886. The van der Waals surface area contributed by atoms with Crippen LogP contribution in [0.5, 0.6) is 0 Å². The third-order valence-corrected chi connectivity index (χ3v) is 4.35. The van der Waals surface area contributed by atoms with E-state index in [4.69, 9.17) is 10.8 Å². The molecule has 2 fully saturated rings. The fourth-order valence-corrected chi connectivity index (χ4v) is 2.72. The Morgan fingerprint density at radius 1 is 1.30 bits per heavy atom. The zero-order valence-corrected chi connectivity index (χ0v) is 15.2. The second kappa shape index (κ2) is 9.65. The van der Waals surface area contributed by atoms with Gasteiger partial charge in [-0.25, -0.2) is 9.97 Å². The number of alkyl halides is 3. The Balaban J connectivity index is 0.00000126. The normalized spacial score (nSPS) is 18.9. The lowest BCUT2D eigenvalue weighted by Crippen LogP contribution is -2.38. The lowest BCUT2D eigenvalue weighted by atomic mass is 10.1. The second-order valence-electron chi connectivity index (χ2n) is 6.16. The average Bonchev–Trinajstić information content (AvgIpc) is 2.62. The fourth-order valence-electron chi connectivity index (χ4n) is 2.72. The molecule has 1 aromatic heterocycles. The van der Waals surface area contributed by atoms with Crippen molar-refractivity contribution in [3.05, 3.63) is 23.7 Å². The summed E-state index contributed by atoms with van der Waals surface area (Å²) < 4.78 is 39.5. The first-order valence-electron chi connectivity index (χ1n) is 8.79. The molecule has 0 atom stereocenters. The molecule has 0 aromatic carbocycles. The Bertz CT molecular complexity index is 667. The van der Waals surface area contributed by atoms with Gasteiger partial charge in [0.05, 0.1) is 11.7 Å². The Hall–Kier alpha value is -2.20. The van der Waals surface area contributed by atoms with Crippen molar-refractivity contribution in [2.75, 3.05) is 38.2 Å². The molecular weight excluding hydrogens is 361 g/mol. The summed E-state index contributed by atoms with van der Waals surface area (Å²) >= 11 is 0. The lowest BCUT2D eigenvalue weighted by molar-refractivity contribution is -0.141. The number of hydrogen-bond acceptors (Lipinski definition) is 7. The summed E-state index contributed by atoms with van der Waals surface area (Å²) in [5.41, 5.74) is 5.18. The second-order valence-corrected chi connectivity index (χ2v) is 6.16. The summed E-state index contributed by atoms with van der Waals surface area (Å²) in [5, 5.41) is 10.2. The number of halogens is 3. The van der Waals surface area contributed by atoms with Crippen molar-refractivity contribution in [3.8, 4) is 0 Å². The van der Waals surface area contributed by atoms with Crippen molar-refractivity contribution < 1.29 is 18.3 Å². The Labute approximate surface area is 156 Å². The van der Waals surface area contributed by atoms with Gasteiger partial charge in [-0.2, -0.15) is 13.2 Å². The van der Waals surface area contributed by atoms with Crippen LogP contribution < -0.4 is 16.0 Å². The number of nitrogens with zero attached hydrogens (tertiary/aromatic N) is 4. The van der Waals surface area contributed by atoms with Gasteiger partial charge in [-0.15, -0.1) is 0 Å². The molecule has 10 heteroatoms. The third-order valence-electron chi connectivity index (χ3n) is 4.35. The highest BCUT2D eigenvalue weighted by Crippen LogP contribution is 2.31. The average molecular weight is 386 g/mol. The summed E-state index contributed by atoms with van der Waals surface area (Å²) in [4.78, 5) is 14.1. The molecule has 4 N–H and O–H groups in total. The summed E-state index contributed by atoms with van der Waals surface area (Å²) in [6.07, 6.45) is 0.941. The van der Waals surface area contributed by atoms with Crippen molar-refractivity contribution in [1.29, 1.82) is 0 Å². The van der Waals surface area contributed by atoms with Crippen molar-refractivity contribution in [2.45, 2.75) is 31.5 Å². The highest BCUT2D eigenvalue weighted by molar-refractivity contribution is 6.09. The standard InChI is InChI=1S/C16H21F3N6.CH4O/c17-16(18,19)14-8-13(23-15(24-14)25-6-1-7-25)11(9-20)10-22-12-2-4-21-5-3-12;1-2/h8-10,12,21H,1-7,20H2;2H,1H3/b11-9+,22-10?;. The van der Waals surface area contributed by atoms with Crippen LogP contribution >= 0.6 is 0 Å². The topological polar surface area (TPSA) is 99.7 Å². The van der Waals surface area contributed by atoms with E-state index in [0.29, 0.717) is 18.7 Å². The predicted molar refractivity (Wildman–Crippen MR) is 98.6 cm³/mol. The van der Waals surface area contributed by atoms with E-state index < -0.39 is 11.9 Å². The van der Waals surface area contributed by atoms with Gasteiger partial charge in [-0.05, 0) is 38.4 Å². The van der Waals surface area contributed by atoms with Crippen LogP contribution in [0.25, 0.3) is 5.57 Å². The molecule has 2 aliphatic rings. The number of rotatable bonds is 4. The SMILES string of the molecule is CO.N/C=C(\C=NC1CCNCC1)c1cc(C(F)(F)F)nc(N2CCC2)n1. The zero-order chi connectivity index (χ0) is 19.9. The van der Waals surface area contributed by atoms with Crippen molar-refractivity contribution >= 4 is 17.7 Å². The third kappa shape index (κ3) is 5.64. The lowest BCUT2D eigenvalue weighted by Gasteiger charge is -2.31. The molecular formula is C17H25F3N6O. The van der Waals surface area contributed by atoms with Crippen LogP contribution in [-0.4, -0.2) is 60.6 Å². The highest BCUT2D eigenvalue weighted by Gasteiger charge is 2.35. The van der Waals surface area contributed by atoms with E-state index in [2.05, 4.69) is 20.3 Å². The summed E-state index contributed by atoms with van der Waals surface area (Å²) in [6, 6.07) is 1.08. The molecule has 150 valence electrons. The van der Waals surface area contributed by atoms with Gasteiger partial charge in [0.25, 0.3) is 0 Å². The molecule has 0 amide bonds. The molecule has 0 saturated carbocycles. The number of aliphatic hydroxyl groups excluding tert-OH is 1. The molecule has 2 aliphatic heterocycles. The molecule has 0 bridgehead atoms. The maximum Gasteiger partial charge on any atom is 0.433 e. The van der Waals surface area contributed by atoms with Gasteiger partial charge in [0, 0.05) is 38.2 Å². The van der Waals surface area contributed by atoms with Gasteiger partial charge in [0.15, 0.2) is 5.69 Å². The van der Waals surface area contributed by atoms with Gasteiger partial charge in [0.2, 0.25) is 5.95 Å². The van der Waals surface area contributed by atoms with Crippen LogP contribution in [0.2, 0.25) is 0 Å². The largest absolute Gasteiger partial charge is 0.433 e. The smallest absolute Gasteiger partial charge is 0.404 e. The molecule has 3 rings (SSSR count). The van der Waals surface area contributed by atoms with E-state index in [0.717, 1.165) is 45.5 Å². The van der Waals surface area contributed by atoms with E-state index in [9.17, 15) is 13.2 Å². The van der Waals surface area contributed by atoms with Crippen molar-refractivity contribution in [2.24, 2.45) is 10.7 Å². The van der Waals surface area contributed by atoms with E-state index in [1.54, 1.807) is 4.90 Å². The number of piperidine rings is 1. The van der Waals surface area contributed by atoms with E-state index >= 15 is 0 Å². The molecule has 2 saturated heterocycles. The van der Waals surface area contributed by atoms with Crippen LogP contribution in [0.4, 0.5) is 19.1 Å². The first kappa shape index (κ1) is 21.1. The number of nitrogens with two attached hydrogens (primary N) is 1. The summed E-state index contributed by atoms with van der Waals surface area (Å²) in [7, 11) is 1.00. The van der Waals surface area contributed by atoms with Crippen molar-refractivity contribution in [1.82, 2.24) is 15.3 Å². The van der Waals surface area contributed by atoms with Gasteiger partial charge in [-0.1, -0.05) is 0 Å². The van der Waals surface area contributed by atoms with Crippen LogP contribution in [0, 0.1) is 0 Å². The Morgan fingerprint density at radius 3 is 2.48 bits per heavy atom. The minimum Gasteiger partial charge on any atom is -0.404 e. The molecule has 27 heavy (non-hydrogen) atoms. The monoisotopic (exact) mass is 386 g/mol. The quantitative estimate of drug-likeness (QED) is 0.677. The van der Waals surface area contributed by atoms with Crippen molar-refractivity contribution in [3.63, 3.8) is 0 Å². The number of nitrogens with one attached hydrogen (secondary N) is 1.